The van der Waals surface area contributed by atoms with E-state index >= 15 is 0 Å². The van der Waals surface area contributed by atoms with Crippen LogP contribution in [0.15, 0.2) is 53.6 Å². The number of para-hydroxylation sites is 1. The van der Waals surface area contributed by atoms with Crippen molar-refractivity contribution in [2.45, 2.75) is 30.7 Å². The van der Waals surface area contributed by atoms with Crippen molar-refractivity contribution < 1.29 is 17.9 Å². The summed E-state index contributed by atoms with van der Waals surface area (Å²) >= 11 is 0. The molecular formula is C22H22N2O4S. The van der Waals surface area contributed by atoms with Crippen molar-refractivity contribution in [3.8, 4) is 11.5 Å². The number of aromatic nitrogens is 1. The summed E-state index contributed by atoms with van der Waals surface area (Å²) in [7, 11) is -3.70. The largest absolute Gasteiger partial charge is 0.486 e. The number of nitrogens with zero attached hydrogens (tertiary/aromatic N) is 2. The predicted molar refractivity (Wildman–Crippen MR) is 110 cm³/mol. The van der Waals surface area contributed by atoms with Crippen LogP contribution >= 0.6 is 0 Å². The van der Waals surface area contributed by atoms with Crippen LogP contribution < -0.4 is 9.47 Å². The summed E-state index contributed by atoms with van der Waals surface area (Å²) in [6.45, 7) is 3.48. The zero-order valence-electron chi connectivity index (χ0n) is 16.2. The Morgan fingerprint density at radius 2 is 1.90 bits per heavy atom. The first-order valence-electron chi connectivity index (χ1n) is 9.81. The first kappa shape index (κ1) is 18.4. The number of hydrogen-bond donors (Lipinski definition) is 0. The van der Waals surface area contributed by atoms with Gasteiger partial charge in [0.2, 0.25) is 10.0 Å². The van der Waals surface area contributed by atoms with E-state index in [0.29, 0.717) is 36.8 Å². The third-order valence-corrected chi connectivity index (χ3v) is 7.49. The van der Waals surface area contributed by atoms with Crippen molar-refractivity contribution in [1.29, 1.82) is 0 Å². The van der Waals surface area contributed by atoms with E-state index in [9.17, 15) is 8.42 Å². The maximum Gasteiger partial charge on any atom is 0.245 e. The molecule has 1 fully saturated rings. The quantitative estimate of drug-likeness (QED) is 0.656. The van der Waals surface area contributed by atoms with Gasteiger partial charge in [0.25, 0.3) is 0 Å². The van der Waals surface area contributed by atoms with E-state index in [0.717, 1.165) is 29.4 Å². The molecule has 1 unspecified atom stereocenters. The van der Waals surface area contributed by atoms with Crippen LogP contribution in [0.4, 0.5) is 0 Å². The molecule has 7 heteroatoms. The molecule has 0 N–H and O–H groups in total. The lowest BCUT2D eigenvalue weighted by Gasteiger charge is -2.26. The number of pyridine rings is 1. The molecule has 0 aliphatic carbocycles. The highest BCUT2D eigenvalue weighted by molar-refractivity contribution is 7.89. The highest BCUT2D eigenvalue weighted by Crippen LogP contribution is 2.41. The lowest BCUT2D eigenvalue weighted by Crippen LogP contribution is -2.31. The van der Waals surface area contributed by atoms with E-state index in [1.807, 2.05) is 37.3 Å². The molecule has 6 nitrogen and oxygen atoms in total. The van der Waals surface area contributed by atoms with Crippen LogP contribution in [0.5, 0.6) is 11.5 Å². The van der Waals surface area contributed by atoms with Crippen molar-refractivity contribution in [2.24, 2.45) is 0 Å². The van der Waals surface area contributed by atoms with E-state index in [1.54, 1.807) is 22.6 Å². The zero-order valence-corrected chi connectivity index (χ0v) is 17.0. The predicted octanol–water partition coefficient (Wildman–Crippen LogP) is 3.84. The minimum atomic E-state index is -3.70. The summed E-state index contributed by atoms with van der Waals surface area (Å²) in [6, 6.07) is 12.8. The molecule has 150 valence electrons. The molecular weight excluding hydrogens is 388 g/mol. The van der Waals surface area contributed by atoms with Gasteiger partial charge in [-0.05, 0) is 55.2 Å². The molecule has 0 radical (unpaired) electrons. The van der Waals surface area contributed by atoms with Crippen molar-refractivity contribution in [3.63, 3.8) is 0 Å². The average molecular weight is 410 g/mol. The summed E-state index contributed by atoms with van der Waals surface area (Å²) in [5, 5.41) is 0.834. The molecule has 2 aliphatic heterocycles. The van der Waals surface area contributed by atoms with Gasteiger partial charge in [-0.1, -0.05) is 18.2 Å². The van der Waals surface area contributed by atoms with Crippen molar-refractivity contribution in [1.82, 2.24) is 9.29 Å². The second-order valence-corrected chi connectivity index (χ2v) is 9.38. The lowest BCUT2D eigenvalue weighted by atomic mass is 10.0. The summed E-state index contributed by atoms with van der Waals surface area (Å²) < 4.78 is 40.2. The maximum atomic E-state index is 13.6. The van der Waals surface area contributed by atoms with Crippen LogP contribution in [0.2, 0.25) is 0 Å². The fraction of sp³-hybridized carbons (Fsp3) is 0.318. The monoisotopic (exact) mass is 410 g/mol. The smallest absolute Gasteiger partial charge is 0.245 e. The van der Waals surface area contributed by atoms with Gasteiger partial charge in [-0.2, -0.15) is 4.31 Å². The highest BCUT2D eigenvalue weighted by atomic mass is 32.2. The Hall–Kier alpha value is -2.64. The highest BCUT2D eigenvalue weighted by Gasteiger charge is 2.37. The second-order valence-electron chi connectivity index (χ2n) is 7.52. The van der Waals surface area contributed by atoms with Crippen molar-refractivity contribution >= 4 is 20.9 Å². The normalized spacial score (nSPS) is 19.6. The Labute approximate surface area is 170 Å². The Morgan fingerprint density at radius 3 is 2.76 bits per heavy atom. The van der Waals surface area contributed by atoms with Crippen LogP contribution in [0.3, 0.4) is 0 Å². The van der Waals surface area contributed by atoms with Gasteiger partial charge in [-0.25, -0.2) is 8.42 Å². The van der Waals surface area contributed by atoms with Crippen LogP contribution in [0, 0.1) is 6.92 Å². The number of fused-ring (bicyclic) bond motifs is 2. The maximum absolute atomic E-state index is 13.6. The molecule has 1 atom stereocenters. The first-order chi connectivity index (χ1) is 14.0. The third-order valence-electron chi connectivity index (χ3n) is 5.55. The standard InChI is InChI=1S/C22H22N2O4S/c1-15-12-17-4-2-6-21(22(17)23-14-15)29(25,26)24-9-3-5-18(24)16-7-8-19-20(13-16)28-11-10-27-19/h2,4,6-8,12-14,18H,3,5,9-11H2,1H3. The molecule has 29 heavy (non-hydrogen) atoms. The molecule has 0 spiro atoms. The van der Waals surface area contributed by atoms with Gasteiger partial charge >= 0.3 is 0 Å². The second kappa shape index (κ2) is 7.00. The van der Waals surface area contributed by atoms with Gasteiger partial charge < -0.3 is 9.47 Å². The van der Waals surface area contributed by atoms with E-state index in [4.69, 9.17) is 9.47 Å². The molecule has 0 amide bonds. The molecule has 2 aliphatic rings. The summed E-state index contributed by atoms with van der Waals surface area (Å²) in [5.41, 5.74) is 2.45. The van der Waals surface area contributed by atoms with Crippen LogP contribution in [-0.4, -0.2) is 37.5 Å². The van der Waals surface area contributed by atoms with E-state index < -0.39 is 10.0 Å². The molecule has 1 saturated heterocycles. The fourth-order valence-corrected chi connectivity index (χ4v) is 6.06. The first-order valence-corrected chi connectivity index (χ1v) is 11.2. The minimum absolute atomic E-state index is 0.225. The van der Waals surface area contributed by atoms with E-state index in [2.05, 4.69) is 4.98 Å². The number of benzene rings is 2. The Kier molecular flexibility index (Phi) is 4.44. The number of rotatable bonds is 3. The zero-order chi connectivity index (χ0) is 20.0. The minimum Gasteiger partial charge on any atom is -0.486 e. The van der Waals surface area contributed by atoms with Crippen molar-refractivity contribution in [3.05, 3.63) is 59.8 Å². The van der Waals surface area contributed by atoms with Gasteiger partial charge in [0, 0.05) is 18.1 Å². The van der Waals surface area contributed by atoms with Crippen LogP contribution in [-0.2, 0) is 10.0 Å². The van der Waals surface area contributed by atoms with Gasteiger partial charge in [-0.15, -0.1) is 0 Å². The summed E-state index contributed by atoms with van der Waals surface area (Å²) in [4.78, 5) is 4.69. The number of ether oxygens (including phenoxy) is 2. The van der Waals surface area contributed by atoms with Crippen LogP contribution in [0.25, 0.3) is 10.9 Å². The van der Waals surface area contributed by atoms with E-state index in [-0.39, 0.29) is 10.9 Å². The van der Waals surface area contributed by atoms with Gasteiger partial charge in [0.05, 0.1) is 11.6 Å². The van der Waals surface area contributed by atoms with Crippen molar-refractivity contribution in [2.75, 3.05) is 19.8 Å². The Bertz CT molecular complexity index is 1190. The summed E-state index contributed by atoms with van der Waals surface area (Å²) in [6.07, 6.45) is 3.30. The SMILES string of the molecule is Cc1cnc2c(S(=O)(=O)N3CCCC3c3ccc4c(c3)OCCO4)cccc2c1. The molecule has 5 rings (SSSR count). The lowest BCUT2D eigenvalue weighted by molar-refractivity contribution is 0.171. The molecule has 3 aromatic rings. The summed E-state index contributed by atoms with van der Waals surface area (Å²) in [5.74, 6) is 1.39. The topological polar surface area (TPSA) is 68.7 Å². The molecule has 0 bridgehead atoms. The van der Waals surface area contributed by atoms with Gasteiger partial charge in [0.15, 0.2) is 11.5 Å². The molecule has 3 heterocycles. The Balaban J connectivity index is 1.56. The molecule has 2 aromatic carbocycles. The molecule has 1 aromatic heterocycles. The number of sulfonamides is 1. The van der Waals surface area contributed by atoms with Gasteiger partial charge in [-0.3, -0.25) is 4.98 Å². The fourth-order valence-electron chi connectivity index (χ4n) is 4.21. The number of aryl methyl sites for hydroxylation is 1. The van der Waals surface area contributed by atoms with E-state index in [1.165, 1.54) is 0 Å². The van der Waals surface area contributed by atoms with Crippen LogP contribution in [0.1, 0.15) is 30.0 Å². The third kappa shape index (κ3) is 3.14. The molecule has 0 saturated carbocycles. The Morgan fingerprint density at radius 1 is 1.07 bits per heavy atom. The van der Waals surface area contributed by atoms with Gasteiger partial charge in [0.1, 0.15) is 18.1 Å². The number of hydrogen-bond acceptors (Lipinski definition) is 5. The average Bonchev–Trinajstić information content (AvgIpc) is 3.23.